The van der Waals surface area contributed by atoms with Crippen LogP contribution in [0.25, 0.3) is 0 Å². The highest BCUT2D eigenvalue weighted by atomic mass is 32.2. The molecule has 0 saturated carbocycles. The van der Waals surface area contributed by atoms with E-state index in [9.17, 15) is 0 Å². The Kier molecular flexibility index (Phi) is 6.71. The van der Waals surface area contributed by atoms with E-state index < -0.39 is 0 Å². The molecule has 0 radical (unpaired) electrons. The molecule has 2 aliphatic heterocycles. The van der Waals surface area contributed by atoms with E-state index in [1.54, 1.807) is 0 Å². The molecule has 100 valence electrons. The predicted molar refractivity (Wildman–Crippen MR) is 74.8 cm³/mol. The summed E-state index contributed by atoms with van der Waals surface area (Å²) in [5.74, 6) is 1.25. The molecule has 1 atom stereocenters. The fraction of sp³-hybridized carbons (Fsp3) is 1.00. The summed E-state index contributed by atoms with van der Waals surface area (Å²) in [5, 5.41) is 7.84. The van der Waals surface area contributed by atoms with Crippen molar-refractivity contribution in [3.8, 4) is 0 Å². The zero-order valence-corrected chi connectivity index (χ0v) is 11.6. The fourth-order valence-corrected chi connectivity index (χ4v) is 3.66. The standard InChI is InChI=1S/C13H26N2OS/c1-2-9-16-12(3-1)11-15-8-10-17-13-4-6-14-7-5-13/h12-15H,1-11H2. The Morgan fingerprint density at radius 1 is 1.18 bits per heavy atom. The normalized spacial score (nSPS) is 27.2. The minimum Gasteiger partial charge on any atom is -0.377 e. The second-order valence-electron chi connectivity index (χ2n) is 5.01. The number of thioether (sulfide) groups is 1. The van der Waals surface area contributed by atoms with Gasteiger partial charge in [0.2, 0.25) is 0 Å². The van der Waals surface area contributed by atoms with Crippen molar-refractivity contribution in [1.82, 2.24) is 10.6 Å². The molecule has 0 spiro atoms. The topological polar surface area (TPSA) is 33.3 Å². The summed E-state index contributed by atoms with van der Waals surface area (Å²) in [6.45, 7) is 5.57. The van der Waals surface area contributed by atoms with Crippen molar-refractivity contribution in [2.75, 3.05) is 38.5 Å². The number of piperidine rings is 1. The summed E-state index contributed by atoms with van der Waals surface area (Å²) >= 11 is 2.14. The summed E-state index contributed by atoms with van der Waals surface area (Å²) in [6, 6.07) is 0. The van der Waals surface area contributed by atoms with Crippen LogP contribution in [-0.4, -0.2) is 49.9 Å². The maximum absolute atomic E-state index is 5.70. The van der Waals surface area contributed by atoms with Gasteiger partial charge in [0.15, 0.2) is 0 Å². The highest BCUT2D eigenvalue weighted by Gasteiger charge is 2.14. The van der Waals surface area contributed by atoms with Crippen molar-refractivity contribution < 1.29 is 4.74 Å². The molecule has 4 heteroatoms. The molecule has 17 heavy (non-hydrogen) atoms. The molecule has 0 aliphatic carbocycles. The summed E-state index contributed by atoms with van der Waals surface area (Å²) in [5.41, 5.74) is 0. The van der Waals surface area contributed by atoms with Crippen LogP contribution in [0.2, 0.25) is 0 Å². The highest BCUT2D eigenvalue weighted by molar-refractivity contribution is 7.99. The maximum atomic E-state index is 5.70. The maximum Gasteiger partial charge on any atom is 0.0699 e. The lowest BCUT2D eigenvalue weighted by atomic mass is 10.1. The first-order chi connectivity index (χ1) is 8.45. The molecule has 2 rings (SSSR count). The minimum absolute atomic E-state index is 0.479. The van der Waals surface area contributed by atoms with Gasteiger partial charge in [-0.05, 0) is 45.2 Å². The second kappa shape index (κ2) is 8.35. The molecular formula is C13H26N2OS. The van der Waals surface area contributed by atoms with Gasteiger partial charge in [0.1, 0.15) is 0 Å². The third-order valence-electron chi connectivity index (χ3n) is 3.56. The Balaban J connectivity index is 1.42. The summed E-state index contributed by atoms with van der Waals surface area (Å²) < 4.78 is 5.70. The molecule has 1 unspecified atom stereocenters. The van der Waals surface area contributed by atoms with Crippen molar-refractivity contribution in [1.29, 1.82) is 0 Å². The molecule has 2 N–H and O–H groups in total. The van der Waals surface area contributed by atoms with Crippen LogP contribution in [0.4, 0.5) is 0 Å². The van der Waals surface area contributed by atoms with Crippen LogP contribution in [-0.2, 0) is 4.74 Å². The summed E-state index contributed by atoms with van der Waals surface area (Å²) in [6.07, 6.45) is 7.01. The molecular weight excluding hydrogens is 232 g/mol. The van der Waals surface area contributed by atoms with E-state index in [1.807, 2.05) is 0 Å². The lowest BCUT2D eigenvalue weighted by Gasteiger charge is -2.24. The van der Waals surface area contributed by atoms with Crippen LogP contribution in [0.15, 0.2) is 0 Å². The molecule has 0 aromatic rings. The Bertz CT molecular complexity index is 172. The van der Waals surface area contributed by atoms with E-state index >= 15 is 0 Å². The van der Waals surface area contributed by atoms with Crippen LogP contribution >= 0.6 is 11.8 Å². The van der Waals surface area contributed by atoms with E-state index in [0.29, 0.717) is 6.10 Å². The van der Waals surface area contributed by atoms with Crippen LogP contribution in [0.3, 0.4) is 0 Å². The average Bonchev–Trinajstić information content (AvgIpc) is 2.41. The van der Waals surface area contributed by atoms with E-state index in [2.05, 4.69) is 22.4 Å². The lowest BCUT2D eigenvalue weighted by molar-refractivity contribution is 0.0173. The largest absolute Gasteiger partial charge is 0.377 e. The van der Waals surface area contributed by atoms with Crippen LogP contribution < -0.4 is 10.6 Å². The van der Waals surface area contributed by atoms with Crippen molar-refractivity contribution in [3.05, 3.63) is 0 Å². The lowest BCUT2D eigenvalue weighted by Crippen LogP contribution is -2.33. The Labute approximate surface area is 109 Å². The van der Waals surface area contributed by atoms with Gasteiger partial charge >= 0.3 is 0 Å². The number of ether oxygens (including phenoxy) is 1. The quantitative estimate of drug-likeness (QED) is 0.710. The molecule has 0 aromatic heterocycles. The number of nitrogens with one attached hydrogen (secondary N) is 2. The molecule has 0 amide bonds. The predicted octanol–water partition coefficient (Wildman–Crippen LogP) is 1.63. The molecule has 2 heterocycles. The number of hydrogen-bond donors (Lipinski definition) is 2. The first-order valence-electron chi connectivity index (χ1n) is 7.10. The first-order valence-corrected chi connectivity index (χ1v) is 8.14. The van der Waals surface area contributed by atoms with Crippen LogP contribution in [0.1, 0.15) is 32.1 Å². The molecule has 2 aliphatic rings. The van der Waals surface area contributed by atoms with Gasteiger partial charge in [0, 0.05) is 30.7 Å². The average molecular weight is 258 g/mol. The summed E-state index contributed by atoms with van der Waals surface area (Å²) in [4.78, 5) is 0. The third kappa shape index (κ3) is 5.60. The molecule has 3 nitrogen and oxygen atoms in total. The van der Waals surface area contributed by atoms with Gasteiger partial charge in [-0.25, -0.2) is 0 Å². The zero-order valence-electron chi connectivity index (χ0n) is 10.7. The van der Waals surface area contributed by atoms with Crippen LogP contribution in [0.5, 0.6) is 0 Å². The van der Waals surface area contributed by atoms with Gasteiger partial charge in [0.25, 0.3) is 0 Å². The van der Waals surface area contributed by atoms with Gasteiger partial charge in [-0.3, -0.25) is 0 Å². The zero-order chi connectivity index (χ0) is 11.8. The fourth-order valence-electron chi connectivity index (χ4n) is 2.49. The molecule has 2 fully saturated rings. The van der Waals surface area contributed by atoms with E-state index in [1.165, 1.54) is 50.9 Å². The first kappa shape index (κ1) is 13.7. The monoisotopic (exact) mass is 258 g/mol. The Morgan fingerprint density at radius 3 is 2.82 bits per heavy atom. The van der Waals surface area contributed by atoms with Crippen molar-refractivity contribution >= 4 is 11.8 Å². The van der Waals surface area contributed by atoms with E-state index in [0.717, 1.165) is 24.9 Å². The number of hydrogen-bond acceptors (Lipinski definition) is 4. The molecule has 2 saturated heterocycles. The smallest absolute Gasteiger partial charge is 0.0699 e. The van der Waals surface area contributed by atoms with Gasteiger partial charge in [0.05, 0.1) is 6.10 Å². The van der Waals surface area contributed by atoms with E-state index in [4.69, 9.17) is 4.74 Å². The van der Waals surface area contributed by atoms with Gasteiger partial charge in [-0.2, -0.15) is 11.8 Å². The van der Waals surface area contributed by atoms with Gasteiger partial charge in [-0.1, -0.05) is 0 Å². The third-order valence-corrected chi connectivity index (χ3v) is 4.95. The highest BCUT2D eigenvalue weighted by Crippen LogP contribution is 2.19. The molecule has 0 bridgehead atoms. The van der Waals surface area contributed by atoms with Gasteiger partial charge < -0.3 is 15.4 Å². The van der Waals surface area contributed by atoms with Crippen LogP contribution in [0, 0.1) is 0 Å². The minimum atomic E-state index is 0.479. The van der Waals surface area contributed by atoms with Gasteiger partial charge in [-0.15, -0.1) is 0 Å². The second-order valence-corrected chi connectivity index (χ2v) is 6.42. The van der Waals surface area contributed by atoms with E-state index in [-0.39, 0.29) is 0 Å². The van der Waals surface area contributed by atoms with Crippen molar-refractivity contribution in [2.24, 2.45) is 0 Å². The summed E-state index contributed by atoms with van der Waals surface area (Å²) in [7, 11) is 0. The van der Waals surface area contributed by atoms with Crippen molar-refractivity contribution in [2.45, 2.75) is 43.5 Å². The Morgan fingerprint density at radius 2 is 2.06 bits per heavy atom. The number of rotatable bonds is 6. The molecule has 0 aromatic carbocycles. The van der Waals surface area contributed by atoms with Crippen molar-refractivity contribution in [3.63, 3.8) is 0 Å². The Hall–Kier alpha value is 0.230. The SMILES string of the molecule is C1CCC(CNCCSC2CCNCC2)OC1.